The highest BCUT2D eigenvalue weighted by atomic mass is 31.2. The van der Waals surface area contributed by atoms with E-state index in [1.807, 2.05) is 20.8 Å². The average Bonchev–Trinajstić information content (AvgIpc) is 2.86. The molecule has 0 aliphatic rings. The number of pyridine rings is 1. The highest BCUT2D eigenvalue weighted by molar-refractivity contribution is 7.69. The number of alkyl halides is 2. The minimum absolute atomic E-state index is 0.0725. The SMILES string of the molecule is CC[Si](CC)(CC)OC(C)(C)C(F)(F)c1cccc([C@@H](C)Nc2nc(C)nc3cnc(P(C)(C)=O)cc23)c1F. The third kappa shape index (κ3) is 6.23. The second kappa shape index (κ2) is 11.3. The first-order chi connectivity index (χ1) is 18.0. The quantitative estimate of drug-likeness (QED) is 0.184. The van der Waals surface area contributed by atoms with Gasteiger partial charge in [0.15, 0.2) is 8.32 Å². The summed E-state index contributed by atoms with van der Waals surface area (Å²) in [6.45, 7) is 15.2. The van der Waals surface area contributed by atoms with Crippen molar-refractivity contribution in [2.24, 2.45) is 0 Å². The monoisotopic (exact) mass is 580 g/mol. The number of benzene rings is 1. The maximum absolute atomic E-state index is 16.0. The number of hydrogen-bond donors (Lipinski definition) is 1. The molecule has 6 nitrogen and oxygen atoms in total. The summed E-state index contributed by atoms with van der Waals surface area (Å²) in [5.74, 6) is -3.72. The Morgan fingerprint density at radius 1 is 1.10 bits per heavy atom. The van der Waals surface area contributed by atoms with E-state index in [1.54, 1.807) is 33.2 Å². The molecule has 0 saturated heterocycles. The van der Waals surface area contributed by atoms with Crippen molar-refractivity contribution in [1.29, 1.82) is 0 Å². The van der Waals surface area contributed by atoms with Crippen LogP contribution in [0, 0.1) is 12.7 Å². The van der Waals surface area contributed by atoms with Crippen molar-refractivity contribution < 1.29 is 22.2 Å². The molecule has 11 heteroatoms. The molecule has 2 aromatic heterocycles. The van der Waals surface area contributed by atoms with Crippen molar-refractivity contribution >= 4 is 37.6 Å². The number of hydrogen-bond acceptors (Lipinski definition) is 6. The van der Waals surface area contributed by atoms with Gasteiger partial charge in [-0.3, -0.25) is 4.98 Å². The number of rotatable bonds is 11. The number of halogens is 3. The lowest BCUT2D eigenvalue weighted by Crippen LogP contribution is -2.52. The molecule has 0 unspecified atom stereocenters. The van der Waals surface area contributed by atoms with Crippen molar-refractivity contribution in [1.82, 2.24) is 15.0 Å². The highest BCUT2D eigenvalue weighted by Crippen LogP contribution is 2.46. The van der Waals surface area contributed by atoms with Crippen LogP contribution in [-0.2, 0) is 14.9 Å². The van der Waals surface area contributed by atoms with Crippen LogP contribution in [0.1, 0.15) is 64.5 Å². The molecular formula is C28H40F3N4O2PSi. The first-order valence-electron chi connectivity index (χ1n) is 13.3. The first-order valence-corrected chi connectivity index (χ1v) is 18.5. The Morgan fingerprint density at radius 3 is 2.28 bits per heavy atom. The molecule has 3 aromatic rings. The normalized spacial score (nSPS) is 14.1. The van der Waals surface area contributed by atoms with Gasteiger partial charge < -0.3 is 14.3 Å². The predicted octanol–water partition coefficient (Wildman–Crippen LogP) is 7.79. The van der Waals surface area contributed by atoms with Crippen LogP contribution in [0.2, 0.25) is 18.1 Å². The van der Waals surface area contributed by atoms with Gasteiger partial charge in [0.25, 0.3) is 0 Å². The summed E-state index contributed by atoms with van der Waals surface area (Å²) in [5, 5.41) is 3.73. The number of aromatic nitrogens is 3. The molecule has 0 aliphatic heterocycles. The molecule has 3 rings (SSSR count). The molecule has 0 radical (unpaired) electrons. The number of nitrogens with zero attached hydrogens (tertiary/aromatic N) is 3. The van der Waals surface area contributed by atoms with E-state index in [0.29, 0.717) is 46.1 Å². The van der Waals surface area contributed by atoms with Crippen LogP contribution in [0.5, 0.6) is 0 Å². The summed E-state index contributed by atoms with van der Waals surface area (Å²) in [6.07, 6.45) is 1.53. The Morgan fingerprint density at radius 2 is 1.72 bits per heavy atom. The largest absolute Gasteiger partial charge is 0.405 e. The Bertz CT molecular complexity index is 1380. The molecule has 39 heavy (non-hydrogen) atoms. The fourth-order valence-electron chi connectivity index (χ4n) is 4.85. The third-order valence-corrected chi connectivity index (χ3v) is 13.7. The molecule has 214 valence electrons. The van der Waals surface area contributed by atoms with E-state index in [4.69, 9.17) is 4.43 Å². The summed E-state index contributed by atoms with van der Waals surface area (Å²) < 4.78 is 66.7. The molecule has 1 aromatic carbocycles. The molecule has 0 fully saturated rings. The van der Waals surface area contributed by atoms with Gasteiger partial charge in [0.1, 0.15) is 35.6 Å². The van der Waals surface area contributed by atoms with Crippen molar-refractivity contribution in [3.8, 4) is 0 Å². The van der Waals surface area contributed by atoms with Gasteiger partial charge in [-0.15, -0.1) is 0 Å². The van der Waals surface area contributed by atoms with Gasteiger partial charge in [0.2, 0.25) is 0 Å². The standard InChI is InChI=1S/C28H40F3N4O2PSi/c1-10-39(11-2,12-3)37-27(6,7)28(30,31)22-15-13-14-20(25(22)29)18(4)33-26-21-16-24(38(8,9)36)32-17-23(21)34-19(5)35-26/h13-18H,10-12H2,1-9H3,(H,33,34,35)/t18-/m1/s1. The smallest absolute Gasteiger partial charge is 0.302 e. The topological polar surface area (TPSA) is 77.0 Å². The predicted molar refractivity (Wildman–Crippen MR) is 156 cm³/mol. The van der Waals surface area contributed by atoms with Gasteiger partial charge in [-0.1, -0.05) is 32.9 Å². The van der Waals surface area contributed by atoms with E-state index >= 15 is 13.2 Å². The second-order valence-corrected chi connectivity index (χ2v) is 18.9. The van der Waals surface area contributed by atoms with Gasteiger partial charge in [0, 0.05) is 10.9 Å². The van der Waals surface area contributed by atoms with Crippen molar-refractivity contribution in [2.45, 2.75) is 84.2 Å². The van der Waals surface area contributed by atoms with Gasteiger partial charge in [0.05, 0.1) is 23.3 Å². The van der Waals surface area contributed by atoms with Crippen molar-refractivity contribution in [3.63, 3.8) is 0 Å². The molecule has 0 saturated carbocycles. The molecule has 1 N–H and O–H groups in total. The zero-order valence-electron chi connectivity index (χ0n) is 24.3. The number of fused-ring (bicyclic) bond motifs is 1. The Kier molecular flexibility index (Phi) is 9.05. The zero-order chi connectivity index (χ0) is 29.4. The maximum Gasteiger partial charge on any atom is 0.302 e. The number of aryl methyl sites for hydroxylation is 1. The Hall–Kier alpha value is -2.29. The lowest BCUT2D eigenvalue weighted by molar-refractivity contribution is -0.161. The summed E-state index contributed by atoms with van der Waals surface area (Å²) in [4.78, 5) is 13.1. The molecular weight excluding hydrogens is 540 g/mol. The number of nitrogens with one attached hydrogen (secondary N) is 1. The highest BCUT2D eigenvalue weighted by Gasteiger charge is 2.54. The summed E-state index contributed by atoms with van der Waals surface area (Å²) in [5.41, 5.74) is -1.57. The van der Waals surface area contributed by atoms with E-state index < -0.39 is 44.4 Å². The van der Waals surface area contributed by atoms with Crippen LogP contribution < -0.4 is 10.8 Å². The summed E-state index contributed by atoms with van der Waals surface area (Å²) >= 11 is 0. The molecule has 0 aliphatic carbocycles. The van der Waals surface area contributed by atoms with Crippen LogP contribution >= 0.6 is 7.14 Å². The van der Waals surface area contributed by atoms with Gasteiger partial charge in [-0.05, 0) is 71.3 Å². The van der Waals surface area contributed by atoms with E-state index in [2.05, 4.69) is 20.3 Å². The molecule has 0 amide bonds. The Balaban J connectivity index is 2.03. The number of anilines is 1. The average molecular weight is 581 g/mol. The summed E-state index contributed by atoms with van der Waals surface area (Å²) in [6, 6.07) is 7.12. The van der Waals surface area contributed by atoms with Gasteiger partial charge in [-0.25, -0.2) is 14.4 Å². The van der Waals surface area contributed by atoms with Crippen LogP contribution in [0.3, 0.4) is 0 Å². The molecule has 2 heterocycles. The van der Waals surface area contributed by atoms with Crippen LogP contribution in [0.4, 0.5) is 19.0 Å². The van der Waals surface area contributed by atoms with Crippen molar-refractivity contribution in [2.75, 3.05) is 18.6 Å². The minimum Gasteiger partial charge on any atom is -0.405 e. The Labute approximate surface area is 230 Å². The van der Waals surface area contributed by atoms with Crippen molar-refractivity contribution in [3.05, 3.63) is 53.2 Å². The molecule has 1 atom stereocenters. The van der Waals surface area contributed by atoms with E-state index in [1.165, 1.54) is 32.2 Å². The minimum atomic E-state index is -3.58. The van der Waals surface area contributed by atoms with Gasteiger partial charge in [-0.2, -0.15) is 8.78 Å². The van der Waals surface area contributed by atoms with Crippen LogP contribution in [0.15, 0.2) is 30.5 Å². The zero-order valence-corrected chi connectivity index (χ0v) is 26.2. The maximum atomic E-state index is 16.0. The lowest BCUT2D eigenvalue weighted by Gasteiger charge is -2.42. The second-order valence-electron chi connectivity index (χ2n) is 11.0. The fraction of sp³-hybridized carbons (Fsp3) is 0.536. The lowest BCUT2D eigenvalue weighted by atomic mass is 9.91. The van der Waals surface area contributed by atoms with E-state index in [0.717, 1.165) is 6.07 Å². The van der Waals surface area contributed by atoms with E-state index in [-0.39, 0.29) is 5.56 Å². The summed E-state index contributed by atoms with van der Waals surface area (Å²) in [7, 11) is -5.07. The molecule has 0 bridgehead atoms. The van der Waals surface area contributed by atoms with Crippen LogP contribution in [-0.4, -0.2) is 42.2 Å². The van der Waals surface area contributed by atoms with Gasteiger partial charge >= 0.3 is 5.92 Å². The molecule has 0 spiro atoms. The van der Waals surface area contributed by atoms with Crippen LogP contribution in [0.25, 0.3) is 10.9 Å². The third-order valence-electron chi connectivity index (χ3n) is 7.58. The van der Waals surface area contributed by atoms with E-state index in [9.17, 15) is 4.57 Å². The fourth-order valence-corrected chi connectivity index (χ4v) is 8.77. The first kappa shape index (κ1) is 31.2.